The zero-order chi connectivity index (χ0) is 22.3. The molecule has 4 rings (SSSR count). The number of hydrogen-bond acceptors (Lipinski definition) is 4. The molecule has 1 aliphatic rings. The van der Waals surface area contributed by atoms with E-state index in [1.54, 1.807) is 0 Å². The summed E-state index contributed by atoms with van der Waals surface area (Å²) in [5, 5.41) is 4.77. The van der Waals surface area contributed by atoms with E-state index in [1.807, 2.05) is 18.3 Å². The molecule has 1 aliphatic heterocycles. The third-order valence-corrected chi connectivity index (χ3v) is 6.88. The fraction of sp³-hybridized carbons (Fsp3) is 0.346. The van der Waals surface area contributed by atoms with Gasteiger partial charge in [0.05, 0.1) is 15.7 Å². The van der Waals surface area contributed by atoms with Gasteiger partial charge in [-0.3, -0.25) is 4.90 Å². The van der Waals surface area contributed by atoms with Gasteiger partial charge in [-0.05, 0) is 67.3 Å². The third-order valence-electron chi connectivity index (χ3n) is 6.07. The number of pyridine rings is 1. The molecule has 1 N–H and O–H groups in total. The maximum atomic E-state index is 6.38. The van der Waals surface area contributed by atoms with Crippen molar-refractivity contribution in [2.75, 3.05) is 49.5 Å². The van der Waals surface area contributed by atoms with E-state index in [0.29, 0.717) is 10.0 Å². The van der Waals surface area contributed by atoms with Gasteiger partial charge >= 0.3 is 0 Å². The minimum absolute atomic E-state index is 0.623. The Morgan fingerprint density at radius 1 is 0.938 bits per heavy atom. The molecule has 1 aromatic heterocycles. The molecule has 0 saturated carbocycles. The van der Waals surface area contributed by atoms with Crippen molar-refractivity contribution < 1.29 is 0 Å². The van der Waals surface area contributed by atoms with Crippen LogP contribution in [0.1, 0.15) is 18.4 Å². The molecule has 1 saturated heterocycles. The van der Waals surface area contributed by atoms with Gasteiger partial charge in [-0.2, -0.15) is 0 Å². The SMILES string of the molecule is Cc1ccccc1-c1ccnc(NCCCCN2CCN(c3cccc(Cl)c3Cl)CC2)c1. The predicted molar refractivity (Wildman–Crippen MR) is 137 cm³/mol. The second kappa shape index (κ2) is 11.0. The van der Waals surface area contributed by atoms with Crippen molar-refractivity contribution in [3.05, 3.63) is 76.4 Å². The first-order chi connectivity index (χ1) is 15.6. The van der Waals surface area contributed by atoms with Crippen molar-refractivity contribution in [1.29, 1.82) is 0 Å². The van der Waals surface area contributed by atoms with Crippen LogP contribution in [0, 0.1) is 6.92 Å². The van der Waals surface area contributed by atoms with E-state index in [1.165, 1.54) is 23.1 Å². The summed E-state index contributed by atoms with van der Waals surface area (Å²) in [6.07, 6.45) is 4.18. The normalized spacial score (nSPS) is 14.5. The predicted octanol–water partition coefficient (Wildman–Crippen LogP) is 6.38. The fourth-order valence-electron chi connectivity index (χ4n) is 4.22. The molecule has 0 bridgehead atoms. The Balaban J connectivity index is 1.18. The number of hydrogen-bond donors (Lipinski definition) is 1. The molecule has 0 atom stereocenters. The van der Waals surface area contributed by atoms with Gasteiger partial charge in [0, 0.05) is 38.9 Å². The number of rotatable bonds is 8. The molecular formula is C26H30Cl2N4. The Hall–Kier alpha value is -2.27. The van der Waals surface area contributed by atoms with Crippen molar-refractivity contribution in [3.63, 3.8) is 0 Å². The third kappa shape index (κ3) is 5.74. The van der Waals surface area contributed by atoms with E-state index in [-0.39, 0.29) is 0 Å². The van der Waals surface area contributed by atoms with Crippen molar-refractivity contribution in [1.82, 2.24) is 9.88 Å². The molecule has 2 heterocycles. The van der Waals surface area contributed by atoms with Gasteiger partial charge in [0.15, 0.2) is 0 Å². The Labute approximate surface area is 201 Å². The zero-order valence-corrected chi connectivity index (χ0v) is 20.0. The quantitative estimate of drug-likeness (QED) is 0.388. The average Bonchev–Trinajstić information content (AvgIpc) is 2.82. The second-order valence-electron chi connectivity index (χ2n) is 8.28. The summed E-state index contributed by atoms with van der Waals surface area (Å²) in [6, 6.07) is 18.5. The molecule has 1 fully saturated rings. The smallest absolute Gasteiger partial charge is 0.126 e. The summed E-state index contributed by atoms with van der Waals surface area (Å²) in [6.45, 7) is 8.26. The lowest BCUT2D eigenvalue weighted by molar-refractivity contribution is 0.254. The topological polar surface area (TPSA) is 31.4 Å². The lowest BCUT2D eigenvalue weighted by Crippen LogP contribution is -2.46. The van der Waals surface area contributed by atoms with Crippen LogP contribution in [-0.4, -0.2) is 49.2 Å². The Bertz CT molecular complexity index is 1030. The number of aromatic nitrogens is 1. The van der Waals surface area contributed by atoms with Crippen LogP contribution in [0.5, 0.6) is 0 Å². The molecule has 0 amide bonds. The molecule has 3 aromatic rings. The second-order valence-corrected chi connectivity index (χ2v) is 9.07. The maximum absolute atomic E-state index is 6.38. The van der Waals surface area contributed by atoms with Crippen LogP contribution in [-0.2, 0) is 0 Å². The minimum Gasteiger partial charge on any atom is -0.370 e. The molecule has 0 unspecified atom stereocenters. The van der Waals surface area contributed by atoms with E-state index in [9.17, 15) is 0 Å². The molecule has 0 spiro atoms. The standard InChI is InChI=1S/C26H30Cl2N4/c1-20-7-2-3-8-22(20)21-11-13-30-25(19-21)29-12-4-5-14-31-15-17-32(18-16-31)24-10-6-9-23(27)26(24)28/h2-3,6-11,13,19H,4-5,12,14-18H2,1H3,(H,29,30). The van der Waals surface area contributed by atoms with Crippen molar-refractivity contribution in [3.8, 4) is 11.1 Å². The monoisotopic (exact) mass is 468 g/mol. The summed E-state index contributed by atoms with van der Waals surface area (Å²) >= 11 is 12.6. The van der Waals surface area contributed by atoms with Crippen molar-refractivity contribution >= 4 is 34.7 Å². The molecule has 32 heavy (non-hydrogen) atoms. The highest BCUT2D eigenvalue weighted by atomic mass is 35.5. The van der Waals surface area contributed by atoms with Crippen LogP contribution in [0.4, 0.5) is 11.5 Å². The van der Waals surface area contributed by atoms with Gasteiger partial charge in [-0.25, -0.2) is 4.98 Å². The molecule has 0 aliphatic carbocycles. The Morgan fingerprint density at radius 2 is 1.75 bits per heavy atom. The van der Waals surface area contributed by atoms with Crippen LogP contribution in [0.2, 0.25) is 10.0 Å². The van der Waals surface area contributed by atoms with Gasteiger partial charge in [-0.1, -0.05) is 53.5 Å². The van der Waals surface area contributed by atoms with Crippen LogP contribution in [0.3, 0.4) is 0 Å². The number of halogens is 2. The molecule has 168 valence electrons. The van der Waals surface area contributed by atoms with Crippen LogP contribution in [0.15, 0.2) is 60.8 Å². The molecule has 2 aromatic carbocycles. The van der Waals surface area contributed by atoms with Gasteiger partial charge in [-0.15, -0.1) is 0 Å². The van der Waals surface area contributed by atoms with Crippen molar-refractivity contribution in [2.45, 2.75) is 19.8 Å². The highest BCUT2D eigenvalue weighted by Crippen LogP contribution is 2.33. The fourth-order valence-corrected chi connectivity index (χ4v) is 4.63. The summed E-state index contributed by atoms with van der Waals surface area (Å²) in [5.41, 5.74) is 4.79. The lowest BCUT2D eigenvalue weighted by atomic mass is 10.0. The first-order valence-electron chi connectivity index (χ1n) is 11.3. The largest absolute Gasteiger partial charge is 0.370 e. The van der Waals surface area contributed by atoms with Gasteiger partial charge < -0.3 is 10.2 Å². The summed E-state index contributed by atoms with van der Waals surface area (Å²) in [4.78, 5) is 9.35. The Kier molecular flexibility index (Phi) is 7.90. The van der Waals surface area contributed by atoms with E-state index in [2.05, 4.69) is 69.5 Å². The van der Waals surface area contributed by atoms with Gasteiger partial charge in [0.1, 0.15) is 5.82 Å². The van der Waals surface area contributed by atoms with E-state index in [4.69, 9.17) is 23.2 Å². The Morgan fingerprint density at radius 3 is 2.56 bits per heavy atom. The highest BCUT2D eigenvalue weighted by Gasteiger charge is 2.19. The summed E-state index contributed by atoms with van der Waals surface area (Å²) in [5.74, 6) is 0.942. The zero-order valence-electron chi connectivity index (χ0n) is 18.5. The number of unbranched alkanes of at least 4 members (excludes halogenated alkanes) is 1. The molecular weight excluding hydrogens is 439 g/mol. The minimum atomic E-state index is 0.623. The molecule has 4 nitrogen and oxygen atoms in total. The van der Waals surface area contributed by atoms with E-state index >= 15 is 0 Å². The van der Waals surface area contributed by atoms with Gasteiger partial charge in [0.2, 0.25) is 0 Å². The van der Waals surface area contributed by atoms with E-state index in [0.717, 1.165) is 57.2 Å². The molecule has 0 radical (unpaired) electrons. The molecule has 6 heteroatoms. The highest BCUT2D eigenvalue weighted by molar-refractivity contribution is 6.43. The number of nitrogens with one attached hydrogen (secondary N) is 1. The van der Waals surface area contributed by atoms with Gasteiger partial charge in [0.25, 0.3) is 0 Å². The first kappa shape index (κ1) is 22.9. The summed E-state index contributed by atoms with van der Waals surface area (Å²) < 4.78 is 0. The number of piperazine rings is 1. The first-order valence-corrected chi connectivity index (χ1v) is 12.0. The van der Waals surface area contributed by atoms with Crippen molar-refractivity contribution in [2.24, 2.45) is 0 Å². The number of benzene rings is 2. The van der Waals surface area contributed by atoms with Crippen LogP contribution in [0.25, 0.3) is 11.1 Å². The van der Waals surface area contributed by atoms with E-state index < -0.39 is 0 Å². The number of aryl methyl sites for hydroxylation is 1. The van der Waals surface area contributed by atoms with Crippen LogP contribution >= 0.6 is 23.2 Å². The maximum Gasteiger partial charge on any atom is 0.126 e. The average molecular weight is 469 g/mol. The van der Waals surface area contributed by atoms with Crippen LogP contribution < -0.4 is 10.2 Å². The lowest BCUT2D eigenvalue weighted by Gasteiger charge is -2.36. The summed E-state index contributed by atoms with van der Waals surface area (Å²) in [7, 11) is 0. The number of anilines is 2. The number of nitrogens with zero attached hydrogens (tertiary/aromatic N) is 3.